The second-order valence-corrected chi connectivity index (χ2v) is 8.18. The minimum Gasteiger partial charge on any atom is -0.354 e. The third-order valence-electron chi connectivity index (χ3n) is 4.44. The maximum Gasteiger partial charge on any atom is 0.275 e. The lowest BCUT2D eigenvalue weighted by Gasteiger charge is -2.33. The first-order valence-electron chi connectivity index (χ1n) is 8.20. The van der Waals surface area contributed by atoms with Crippen LogP contribution in [0.1, 0.15) is 10.5 Å². The van der Waals surface area contributed by atoms with Crippen molar-refractivity contribution in [2.24, 2.45) is 0 Å². The summed E-state index contributed by atoms with van der Waals surface area (Å²) < 4.78 is 25.9. The number of aromatic nitrogens is 2. The molecule has 1 saturated heterocycles. The van der Waals surface area contributed by atoms with Crippen molar-refractivity contribution in [3.8, 4) is 0 Å². The van der Waals surface area contributed by atoms with Gasteiger partial charge in [0.1, 0.15) is 0 Å². The van der Waals surface area contributed by atoms with Crippen LogP contribution >= 0.6 is 0 Å². The van der Waals surface area contributed by atoms with Crippen molar-refractivity contribution < 1.29 is 13.2 Å². The highest BCUT2D eigenvalue weighted by molar-refractivity contribution is 7.88. The number of nitrogens with one attached hydrogen (secondary N) is 1. The molecule has 0 unspecified atom stereocenters. The third-order valence-corrected chi connectivity index (χ3v) is 5.75. The summed E-state index contributed by atoms with van der Waals surface area (Å²) in [5.41, 5.74) is -0.0868. The van der Waals surface area contributed by atoms with Gasteiger partial charge >= 0.3 is 0 Å². The maximum absolute atomic E-state index is 12.7. The molecule has 0 atom stereocenters. The van der Waals surface area contributed by atoms with Crippen molar-refractivity contribution in [2.75, 3.05) is 39.5 Å². The Morgan fingerprint density at radius 2 is 1.77 bits per heavy atom. The Labute approximate surface area is 151 Å². The van der Waals surface area contributed by atoms with Crippen molar-refractivity contribution in [2.45, 2.75) is 6.67 Å². The number of hydrogen-bond donors (Lipinski definition) is 1. The van der Waals surface area contributed by atoms with Gasteiger partial charge in [0.05, 0.1) is 18.3 Å². The Balaban J connectivity index is 1.90. The minimum absolute atomic E-state index is 0.192. The fourth-order valence-corrected chi connectivity index (χ4v) is 3.84. The van der Waals surface area contributed by atoms with Crippen LogP contribution in [0.4, 0.5) is 0 Å². The van der Waals surface area contributed by atoms with E-state index in [0.717, 1.165) is 0 Å². The van der Waals surface area contributed by atoms with E-state index in [2.05, 4.69) is 10.4 Å². The second-order valence-electron chi connectivity index (χ2n) is 6.20. The summed E-state index contributed by atoms with van der Waals surface area (Å²) in [7, 11) is -1.70. The minimum atomic E-state index is -3.21. The van der Waals surface area contributed by atoms with Crippen molar-refractivity contribution in [1.82, 2.24) is 24.3 Å². The number of fused-ring (bicyclic) bond motifs is 1. The zero-order valence-electron chi connectivity index (χ0n) is 14.7. The number of benzene rings is 1. The molecular formula is C16H21N5O4S. The van der Waals surface area contributed by atoms with Gasteiger partial charge in [-0.15, -0.1) is 0 Å². The van der Waals surface area contributed by atoms with E-state index in [-0.39, 0.29) is 23.8 Å². The van der Waals surface area contributed by atoms with Crippen LogP contribution in [-0.2, 0) is 16.7 Å². The topological polar surface area (TPSA) is 105 Å². The van der Waals surface area contributed by atoms with Crippen LogP contribution in [0.2, 0.25) is 0 Å². The molecule has 140 valence electrons. The smallest absolute Gasteiger partial charge is 0.275 e. The van der Waals surface area contributed by atoms with Crippen LogP contribution < -0.4 is 10.9 Å². The van der Waals surface area contributed by atoms with E-state index in [9.17, 15) is 18.0 Å². The number of carbonyl (C=O) groups excluding carboxylic acids is 1. The molecule has 1 amide bonds. The fourth-order valence-electron chi connectivity index (χ4n) is 3.01. The predicted molar refractivity (Wildman–Crippen MR) is 97.4 cm³/mol. The lowest BCUT2D eigenvalue weighted by atomic mass is 10.1. The average Bonchev–Trinajstić information content (AvgIpc) is 2.63. The maximum atomic E-state index is 12.7. The number of carbonyl (C=O) groups is 1. The van der Waals surface area contributed by atoms with Crippen LogP contribution in [0.5, 0.6) is 0 Å². The Morgan fingerprint density at radius 1 is 1.15 bits per heavy atom. The number of sulfonamides is 1. The molecule has 0 aliphatic carbocycles. The van der Waals surface area contributed by atoms with Crippen molar-refractivity contribution in [1.29, 1.82) is 0 Å². The molecule has 26 heavy (non-hydrogen) atoms. The van der Waals surface area contributed by atoms with E-state index in [1.807, 2.05) is 4.90 Å². The highest BCUT2D eigenvalue weighted by Crippen LogP contribution is 2.14. The van der Waals surface area contributed by atoms with E-state index in [1.54, 1.807) is 24.3 Å². The summed E-state index contributed by atoms with van der Waals surface area (Å²) in [6.07, 6.45) is 1.19. The summed E-state index contributed by atoms with van der Waals surface area (Å²) in [5.74, 6) is -0.364. The molecule has 9 nitrogen and oxygen atoms in total. The molecule has 1 N–H and O–H groups in total. The van der Waals surface area contributed by atoms with Gasteiger partial charge in [-0.2, -0.15) is 9.40 Å². The van der Waals surface area contributed by atoms with Gasteiger partial charge in [-0.05, 0) is 6.07 Å². The monoisotopic (exact) mass is 379 g/mol. The van der Waals surface area contributed by atoms with Crippen molar-refractivity contribution >= 4 is 26.7 Å². The third kappa shape index (κ3) is 3.62. The van der Waals surface area contributed by atoms with Gasteiger partial charge in [-0.1, -0.05) is 18.2 Å². The fraction of sp³-hybridized carbons (Fsp3) is 0.438. The number of amides is 1. The Kier molecular flexibility index (Phi) is 5.08. The van der Waals surface area contributed by atoms with E-state index in [4.69, 9.17) is 0 Å². The molecule has 0 spiro atoms. The van der Waals surface area contributed by atoms with E-state index >= 15 is 0 Å². The second kappa shape index (κ2) is 7.14. The van der Waals surface area contributed by atoms with E-state index < -0.39 is 10.0 Å². The van der Waals surface area contributed by atoms with Crippen LogP contribution in [0, 0.1) is 0 Å². The number of hydrogen-bond acceptors (Lipinski definition) is 6. The predicted octanol–water partition coefficient (Wildman–Crippen LogP) is -0.709. The van der Waals surface area contributed by atoms with Crippen LogP contribution in [-0.4, -0.2) is 72.8 Å². The zero-order valence-corrected chi connectivity index (χ0v) is 15.5. The largest absolute Gasteiger partial charge is 0.354 e. The molecule has 1 fully saturated rings. The van der Waals surface area contributed by atoms with Crippen molar-refractivity contribution in [3.05, 3.63) is 40.3 Å². The number of piperazine rings is 1. The summed E-state index contributed by atoms with van der Waals surface area (Å²) in [5, 5.41) is 7.73. The molecule has 0 radical (unpaired) electrons. The van der Waals surface area contributed by atoms with E-state index in [1.165, 1.54) is 22.3 Å². The summed E-state index contributed by atoms with van der Waals surface area (Å²) in [6.45, 7) is 1.91. The van der Waals surface area contributed by atoms with Gasteiger partial charge in [0, 0.05) is 38.6 Å². The highest BCUT2D eigenvalue weighted by atomic mass is 32.2. The Hall–Kier alpha value is -2.30. The van der Waals surface area contributed by atoms with Gasteiger partial charge < -0.3 is 5.32 Å². The molecule has 2 heterocycles. The first kappa shape index (κ1) is 18.5. The van der Waals surface area contributed by atoms with E-state index in [0.29, 0.717) is 37.0 Å². The highest BCUT2D eigenvalue weighted by Gasteiger charge is 2.24. The normalized spacial score (nSPS) is 16.7. The zero-order chi connectivity index (χ0) is 18.9. The molecule has 0 bridgehead atoms. The van der Waals surface area contributed by atoms with Gasteiger partial charge in [-0.25, -0.2) is 13.1 Å². The Morgan fingerprint density at radius 3 is 2.35 bits per heavy atom. The molecule has 2 aromatic rings. The van der Waals surface area contributed by atoms with Crippen LogP contribution in [0.15, 0.2) is 29.1 Å². The molecule has 3 rings (SSSR count). The first-order chi connectivity index (χ1) is 12.3. The van der Waals surface area contributed by atoms with Crippen LogP contribution in [0.3, 0.4) is 0 Å². The standard InChI is InChI=1S/C16H21N5O4S/c1-17-15(22)14-12-5-3-4-6-13(12)16(23)21(18-14)11-19-7-9-20(10-8-19)26(2,24)25/h3-6H,7-11H2,1-2H3,(H,17,22). The van der Waals surface area contributed by atoms with Gasteiger partial charge in [0.2, 0.25) is 10.0 Å². The first-order valence-corrected chi connectivity index (χ1v) is 10.1. The lowest BCUT2D eigenvalue weighted by molar-refractivity contribution is 0.0953. The van der Waals surface area contributed by atoms with Gasteiger partial charge in [-0.3, -0.25) is 14.5 Å². The average molecular weight is 379 g/mol. The molecule has 10 heteroatoms. The van der Waals surface area contributed by atoms with Crippen LogP contribution in [0.25, 0.3) is 10.8 Å². The summed E-state index contributed by atoms with van der Waals surface area (Å²) >= 11 is 0. The molecule has 1 aromatic carbocycles. The lowest BCUT2D eigenvalue weighted by Crippen LogP contribution is -2.49. The quantitative estimate of drug-likeness (QED) is 0.753. The number of rotatable bonds is 4. The molecule has 0 saturated carbocycles. The summed E-state index contributed by atoms with van der Waals surface area (Å²) in [4.78, 5) is 26.8. The SMILES string of the molecule is CNC(=O)c1nn(CN2CCN(S(C)(=O)=O)CC2)c(=O)c2ccccc12. The molecular weight excluding hydrogens is 358 g/mol. The number of nitrogens with zero attached hydrogens (tertiary/aromatic N) is 4. The van der Waals surface area contributed by atoms with Gasteiger partial charge in [0.25, 0.3) is 11.5 Å². The molecule has 1 aromatic heterocycles. The molecule has 1 aliphatic heterocycles. The Bertz CT molecular complexity index is 993. The molecule has 1 aliphatic rings. The van der Waals surface area contributed by atoms with Gasteiger partial charge in [0.15, 0.2) is 5.69 Å². The van der Waals surface area contributed by atoms with Crippen molar-refractivity contribution in [3.63, 3.8) is 0 Å². The summed E-state index contributed by atoms with van der Waals surface area (Å²) in [6, 6.07) is 6.87.